The SMILES string of the molecule is C=CCOc1nc(N(CCC)c2cccc(O)c2)nc(N2CCc3ccccc3CC2)c1C#N. The fraction of sp³-hybridized carbons (Fsp3) is 0.296. The molecule has 0 atom stereocenters. The Morgan fingerprint density at radius 1 is 1.15 bits per heavy atom. The first-order valence-electron chi connectivity index (χ1n) is 11.6. The van der Waals surface area contributed by atoms with E-state index in [2.05, 4.69) is 53.7 Å². The van der Waals surface area contributed by atoms with Crippen molar-refractivity contribution in [2.24, 2.45) is 0 Å². The zero-order chi connectivity index (χ0) is 23.9. The first-order valence-corrected chi connectivity index (χ1v) is 11.6. The lowest BCUT2D eigenvalue weighted by atomic mass is 10.0. The Kier molecular flexibility index (Phi) is 7.28. The highest BCUT2D eigenvalue weighted by Crippen LogP contribution is 2.33. The highest BCUT2D eigenvalue weighted by atomic mass is 16.5. The third kappa shape index (κ3) is 4.96. The molecule has 1 N–H and O–H groups in total. The second-order valence-corrected chi connectivity index (χ2v) is 8.17. The van der Waals surface area contributed by atoms with Gasteiger partial charge in [0.15, 0.2) is 11.4 Å². The van der Waals surface area contributed by atoms with Crippen LogP contribution in [0.15, 0.2) is 61.2 Å². The van der Waals surface area contributed by atoms with Crippen LogP contribution >= 0.6 is 0 Å². The Morgan fingerprint density at radius 2 is 1.88 bits per heavy atom. The number of aromatic nitrogens is 2. The van der Waals surface area contributed by atoms with E-state index in [1.54, 1.807) is 24.3 Å². The van der Waals surface area contributed by atoms with Crippen molar-refractivity contribution in [2.45, 2.75) is 26.2 Å². The van der Waals surface area contributed by atoms with Gasteiger partial charge in [-0.2, -0.15) is 15.2 Å². The molecule has 0 spiro atoms. The molecule has 0 saturated carbocycles. The van der Waals surface area contributed by atoms with Crippen LogP contribution in [0.25, 0.3) is 0 Å². The van der Waals surface area contributed by atoms with E-state index in [4.69, 9.17) is 9.72 Å². The van der Waals surface area contributed by atoms with E-state index >= 15 is 0 Å². The fourth-order valence-corrected chi connectivity index (χ4v) is 4.22. The second-order valence-electron chi connectivity index (χ2n) is 8.17. The van der Waals surface area contributed by atoms with Crippen molar-refractivity contribution in [3.8, 4) is 17.7 Å². The number of aromatic hydroxyl groups is 1. The summed E-state index contributed by atoms with van der Waals surface area (Å²) >= 11 is 0. The normalized spacial score (nSPS) is 12.9. The number of nitriles is 1. The van der Waals surface area contributed by atoms with E-state index in [9.17, 15) is 10.4 Å². The number of ether oxygens (including phenoxy) is 1. The standard InChI is InChI=1S/C27H29N5O2/c1-3-14-32(22-10-7-11-23(33)18-22)27-29-25(24(19-28)26(30-27)34-17-4-2)31-15-12-20-8-5-6-9-21(20)13-16-31/h4-11,18,33H,2-3,12-17H2,1H3. The molecule has 1 aliphatic rings. The molecule has 7 nitrogen and oxygen atoms in total. The van der Waals surface area contributed by atoms with Gasteiger partial charge in [-0.3, -0.25) is 0 Å². The number of hydrogen-bond donors (Lipinski definition) is 1. The van der Waals surface area contributed by atoms with E-state index in [-0.39, 0.29) is 18.2 Å². The van der Waals surface area contributed by atoms with Gasteiger partial charge in [-0.15, -0.1) is 0 Å². The average Bonchev–Trinajstić information content (AvgIpc) is 3.08. The van der Waals surface area contributed by atoms with Gasteiger partial charge in [-0.05, 0) is 42.5 Å². The van der Waals surface area contributed by atoms with Gasteiger partial charge in [0.05, 0.1) is 0 Å². The topological polar surface area (TPSA) is 85.5 Å². The molecule has 3 aromatic rings. The molecule has 1 aliphatic heterocycles. The van der Waals surface area contributed by atoms with Crippen molar-refractivity contribution >= 4 is 17.5 Å². The number of rotatable bonds is 8. The third-order valence-corrected chi connectivity index (χ3v) is 5.84. The summed E-state index contributed by atoms with van der Waals surface area (Å²) in [5.74, 6) is 1.41. The predicted molar refractivity (Wildman–Crippen MR) is 134 cm³/mol. The van der Waals surface area contributed by atoms with Crippen LogP contribution in [-0.4, -0.2) is 41.3 Å². The van der Waals surface area contributed by atoms with Crippen LogP contribution in [0.5, 0.6) is 11.6 Å². The minimum Gasteiger partial charge on any atom is -0.508 e. The zero-order valence-electron chi connectivity index (χ0n) is 19.4. The van der Waals surface area contributed by atoms with Gasteiger partial charge >= 0.3 is 0 Å². The number of nitrogens with zero attached hydrogens (tertiary/aromatic N) is 5. The Labute approximate surface area is 200 Å². The van der Waals surface area contributed by atoms with Crippen molar-refractivity contribution in [1.82, 2.24) is 9.97 Å². The van der Waals surface area contributed by atoms with Gasteiger partial charge in [-0.25, -0.2) is 0 Å². The zero-order valence-corrected chi connectivity index (χ0v) is 19.4. The molecule has 4 rings (SSSR count). The summed E-state index contributed by atoms with van der Waals surface area (Å²) in [5, 5.41) is 20.1. The number of hydrogen-bond acceptors (Lipinski definition) is 7. The molecule has 0 radical (unpaired) electrons. The summed E-state index contributed by atoms with van der Waals surface area (Å²) in [6, 6.07) is 17.8. The van der Waals surface area contributed by atoms with Crippen LogP contribution in [0.1, 0.15) is 30.0 Å². The van der Waals surface area contributed by atoms with Crippen molar-refractivity contribution < 1.29 is 9.84 Å². The van der Waals surface area contributed by atoms with Crippen LogP contribution in [0.4, 0.5) is 17.5 Å². The van der Waals surface area contributed by atoms with Gasteiger partial charge < -0.3 is 19.6 Å². The molecule has 0 saturated heterocycles. The lowest BCUT2D eigenvalue weighted by molar-refractivity contribution is 0.347. The van der Waals surface area contributed by atoms with Gasteiger partial charge in [0.2, 0.25) is 11.8 Å². The van der Waals surface area contributed by atoms with Crippen LogP contribution in [0.2, 0.25) is 0 Å². The molecular weight excluding hydrogens is 426 g/mol. The van der Waals surface area contributed by atoms with Gasteiger partial charge in [0.1, 0.15) is 18.4 Å². The Hall–Kier alpha value is -4.05. The molecule has 0 amide bonds. The van der Waals surface area contributed by atoms with Crippen molar-refractivity contribution in [1.29, 1.82) is 5.26 Å². The van der Waals surface area contributed by atoms with Gasteiger partial charge in [0, 0.05) is 31.4 Å². The van der Waals surface area contributed by atoms with E-state index in [1.807, 2.05) is 11.0 Å². The smallest absolute Gasteiger partial charge is 0.239 e. The molecule has 2 aromatic carbocycles. The molecule has 0 bridgehead atoms. The summed E-state index contributed by atoms with van der Waals surface area (Å²) in [7, 11) is 0. The molecule has 0 fully saturated rings. The van der Waals surface area contributed by atoms with Crippen molar-refractivity contribution in [2.75, 3.05) is 36.0 Å². The van der Waals surface area contributed by atoms with Gasteiger partial charge in [0.25, 0.3) is 0 Å². The Balaban J connectivity index is 1.79. The first-order chi connectivity index (χ1) is 16.6. The highest BCUT2D eigenvalue weighted by Gasteiger charge is 2.25. The summed E-state index contributed by atoms with van der Waals surface area (Å²) in [5.41, 5.74) is 3.75. The number of benzene rings is 2. The van der Waals surface area contributed by atoms with E-state index in [0.717, 1.165) is 38.0 Å². The predicted octanol–water partition coefficient (Wildman–Crippen LogP) is 4.77. The summed E-state index contributed by atoms with van der Waals surface area (Å²) < 4.78 is 5.84. The largest absolute Gasteiger partial charge is 0.508 e. The number of fused-ring (bicyclic) bond motifs is 1. The van der Waals surface area contributed by atoms with Crippen molar-refractivity contribution in [3.63, 3.8) is 0 Å². The molecule has 0 aliphatic carbocycles. The molecular formula is C27H29N5O2. The highest BCUT2D eigenvalue weighted by molar-refractivity contribution is 5.66. The lowest BCUT2D eigenvalue weighted by Crippen LogP contribution is -2.30. The van der Waals surface area contributed by atoms with E-state index < -0.39 is 0 Å². The van der Waals surface area contributed by atoms with Crippen LogP contribution < -0.4 is 14.5 Å². The first kappa shape index (κ1) is 23.1. The maximum Gasteiger partial charge on any atom is 0.239 e. The summed E-state index contributed by atoms with van der Waals surface area (Å²) in [6.45, 7) is 8.14. The maximum atomic E-state index is 10.1. The number of anilines is 3. The Morgan fingerprint density at radius 3 is 2.50 bits per heavy atom. The third-order valence-electron chi connectivity index (χ3n) is 5.84. The average molecular weight is 456 g/mol. The summed E-state index contributed by atoms with van der Waals surface area (Å²) in [6.07, 6.45) is 4.21. The van der Waals surface area contributed by atoms with Crippen LogP contribution in [0, 0.1) is 11.3 Å². The Bertz CT molecular complexity index is 1180. The number of phenolic OH excluding ortho intramolecular Hbond substituents is 1. The molecule has 0 unspecified atom stereocenters. The maximum absolute atomic E-state index is 10.1. The van der Waals surface area contributed by atoms with E-state index in [0.29, 0.717) is 23.9 Å². The monoisotopic (exact) mass is 455 g/mol. The van der Waals surface area contributed by atoms with Gasteiger partial charge in [-0.1, -0.05) is 49.9 Å². The molecule has 7 heteroatoms. The molecule has 1 aromatic heterocycles. The number of phenols is 1. The second kappa shape index (κ2) is 10.7. The van der Waals surface area contributed by atoms with E-state index in [1.165, 1.54) is 11.1 Å². The van der Waals surface area contributed by atoms with Crippen molar-refractivity contribution in [3.05, 3.63) is 77.9 Å². The molecule has 34 heavy (non-hydrogen) atoms. The summed E-state index contributed by atoms with van der Waals surface area (Å²) in [4.78, 5) is 13.6. The molecule has 2 heterocycles. The quantitative estimate of drug-likeness (QED) is 0.490. The fourth-order valence-electron chi connectivity index (χ4n) is 4.22. The molecule has 174 valence electrons. The van der Waals surface area contributed by atoms with Crippen LogP contribution in [0.3, 0.4) is 0 Å². The minimum absolute atomic E-state index is 0.167. The lowest BCUT2D eigenvalue weighted by Gasteiger charge is -2.27. The van der Waals surface area contributed by atoms with Crippen LogP contribution in [-0.2, 0) is 12.8 Å². The minimum atomic E-state index is 0.167.